The van der Waals surface area contributed by atoms with Crippen molar-refractivity contribution in [2.24, 2.45) is 14.1 Å². The molecule has 1 atom stereocenters. The molecule has 1 fully saturated rings. The van der Waals surface area contributed by atoms with Gasteiger partial charge >= 0.3 is 0 Å². The van der Waals surface area contributed by atoms with Gasteiger partial charge in [0, 0.05) is 63.6 Å². The second-order valence-electron chi connectivity index (χ2n) is 7.73. The SMILES string of the molecule is Cn1cc(-c2cc3c(cn2)cnn3-c2cn(C)c(=O)c(N3CCNC[C@@H](O)C3)n2)cn1. The molecule has 160 valence electrons. The normalized spacial score (nSPS) is 17.3. The van der Waals surface area contributed by atoms with Crippen molar-refractivity contribution in [1.29, 1.82) is 0 Å². The first-order valence-electron chi connectivity index (χ1n) is 10.0. The van der Waals surface area contributed by atoms with E-state index in [-0.39, 0.29) is 5.56 Å². The summed E-state index contributed by atoms with van der Waals surface area (Å²) in [4.78, 5) is 23.8. The predicted molar refractivity (Wildman–Crippen MR) is 115 cm³/mol. The quantitative estimate of drug-likeness (QED) is 0.462. The lowest BCUT2D eigenvalue weighted by molar-refractivity contribution is 0.184. The average molecular weight is 421 g/mol. The van der Waals surface area contributed by atoms with Gasteiger partial charge in [0.15, 0.2) is 11.6 Å². The molecule has 0 saturated carbocycles. The third-order valence-electron chi connectivity index (χ3n) is 5.38. The van der Waals surface area contributed by atoms with Gasteiger partial charge in [-0.25, -0.2) is 9.67 Å². The number of aliphatic hydroxyl groups excluding tert-OH is 1. The fourth-order valence-electron chi connectivity index (χ4n) is 3.78. The smallest absolute Gasteiger partial charge is 0.293 e. The topological polar surface area (TPSA) is 119 Å². The lowest BCUT2D eigenvalue weighted by Gasteiger charge is -2.23. The molecule has 5 heterocycles. The zero-order chi connectivity index (χ0) is 21.5. The average Bonchev–Trinajstić information content (AvgIpc) is 3.31. The van der Waals surface area contributed by atoms with Crippen LogP contribution in [-0.4, -0.2) is 71.5 Å². The molecule has 11 heteroatoms. The number of β-amino-alcohol motifs (C(OH)–C–C–N with tert-alkyl or cyclic N) is 1. The summed E-state index contributed by atoms with van der Waals surface area (Å²) in [6.45, 7) is 2.08. The van der Waals surface area contributed by atoms with Crippen molar-refractivity contribution in [3.63, 3.8) is 0 Å². The molecular weight excluding hydrogens is 398 g/mol. The van der Waals surface area contributed by atoms with E-state index in [1.54, 1.807) is 41.2 Å². The fourth-order valence-corrected chi connectivity index (χ4v) is 3.78. The van der Waals surface area contributed by atoms with E-state index in [0.717, 1.165) is 22.2 Å². The molecule has 4 aromatic heterocycles. The van der Waals surface area contributed by atoms with Crippen LogP contribution < -0.4 is 15.8 Å². The van der Waals surface area contributed by atoms with Gasteiger partial charge in [0.2, 0.25) is 0 Å². The Morgan fingerprint density at radius 3 is 2.84 bits per heavy atom. The van der Waals surface area contributed by atoms with Crippen LogP contribution in [-0.2, 0) is 14.1 Å². The molecule has 2 N–H and O–H groups in total. The predicted octanol–water partition coefficient (Wildman–Crippen LogP) is -0.315. The summed E-state index contributed by atoms with van der Waals surface area (Å²) in [7, 11) is 3.55. The summed E-state index contributed by atoms with van der Waals surface area (Å²) in [5.74, 6) is 0.815. The molecule has 0 spiro atoms. The van der Waals surface area contributed by atoms with Crippen LogP contribution in [0.15, 0.2) is 41.8 Å². The van der Waals surface area contributed by atoms with E-state index >= 15 is 0 Å². The van der Waals surface area contributed by atoms with Gasteiger partial charge in [0.25, 0.3) is 5.56 Å². The Morgan fingerprint density at radius 1 is 1.16 bits per heavy atom. The van der Waals surface area contributed by atoms with Crippen molar-refractivity contribution in [1.82, 2.24) is 39.4 Å². The van der Waals surface area contributed by atoms with Crippen molar-refractivity contribution >= 4 is 16.7 Å². The Bertz CT molecular complexity index is 1310. The van der Waals surface area contributed by atoms with Gasteiger partial charge in [-0.15, -0.1) is 0 Å². The molecule has 0 aliphatic carbocycles. The first-order chi connectivity index (χ1) is 15.0. The maximum absolute atomic E-state index is 12.8. The maximum Gasteiger partial charge on any atom is 0.293 e. The second kappa shape index (κ2) is 7.60. The molecule has 1 aliphatic heterocycles. The van der Waals surface area contributed by atoms with Crippen LogP contribution in [0.3, 0.4) is 0 Å². The molecule has 1 aliphatic rings. The first-order valence-corrected chi connectivity index (χ1v) is 10.0. The summed E-state index contributed by atoms with van der Waals surface area (Å²) in [6, 6.07) is 1.94. The molecular formula is C20H23N9O2. The third kappa shape index (κ3) is 3.57. The van der Waals surface area contributed by atoms with Crippen molar-refractivity contribution in [2.45, 2.75) is 6.10 Å². The largest absolute Gasteiger partial charge is 0.390 e. The highest BCUT2D eigenvalue weighted by Gasteiger charge is 2.21. The van der Waals surface area contributed by atoms with Gasteiger partial charge in [0.1, 0.15) is 0 Å². The van der Waals surface area contributed by atoms with E-state index in [2.05, 4.69) is 25.5 Å². The Balaban J connectivity index is 1.61. The van der Waals surface area contributed by atoms with Gasteiger partial charge in [-0.1, -0.05) is 0 Å². The number of aromatic nitrogens is 7. The number of aryl methyl sites for hydroxylation is 2. The fraction of sp³-hybridized carbons (Fsp3) is 0.350. The van der Waals surface area contributed by atoms with Crippen molar-refractivity contribution in [3.05, 3.63) is 47.4 Å². The molecule has 0 unspecified atom stereocenters. The van der Waals surface area contributed by atoms with Gasteiger partial charge in [-0.3, -0.25) is 14.5 Å². The Kier molecular flexibility index (Phi) is 4.75. The second-order valence-corrected chi connectivity index (χ2v) is 7.73. The zero-order valence-electron chi connectivity index (χ0n) is 17.3. The van der Waals surface area contributed by atoms with Crippen LogP contribution in [0.25, 0.3) is 28.0 Å². The van der Waals surface area contributed by atoms with E-state index in [1.165, 1.54) is 4.57 Å². The molecule has 0 bridgehead atoms. The number of nitrogens with zero attached hydrogens (tertiary/aromatic N) is 8. The van der Waals surface area contributed by atoms with Gasteiger partial charge in [-0.05, 0) is 6.07 Å². The minimum Gasteiger partial charge on any atom is -0.390 e. The van der Waals surface area contributed by atoms with E-state index < -0.39 is 6.10 Å². The molecule has 1 saturated heterocycles. The van der Waals surface area contributed by atoms with Crippen LogP contribution in [0, 0.1) is 0 Å². The molecule has 5 rings (SSSR count). The number of nitrogens with one attached hydrogen (secondary N) is 1. The molecule has 0 aromatic carbocycles. The number of hydrogen-bond acceptors (Lipinski definition) is 8. The monoisotopic (exact) mass is 421 g/mol. The first kappa shape index (κ1) is 19.4. The summed E-state index contributed by atoms with van der Waals surface area (Å²) >= 11 is 0. The highest BCUT2D eigenvalue weighted by atomic mass is 16.3. The third-order valence-corrected chi connectivity index (χ3v) is 5.38. The number of fused-ring (bicyclic) bond motifs is 1. The van der Waals surface area contributed by atoms with E-state index in [0.29, 0.717) is 37.8 Å². The molecule has 4 aromatic rings. The van der Waals surface area contributed by atoms with Crippen molar-refractivity contribution in [2.75, 3.05) is 31.1 Å². The minimum atomic E-state index is -0.573. The Hall–Kier alpha value is -3.57. The summed E-state index contributed by atoms with van der Waals surface area (Å²) < 4.78 is 4.93. The standard InChI is InChI=1S/C20H23N9O2/c1-26-12-18(25-19(20(26)31)28-4-3-21-9-15(30)11-28)29-17-5-16(14-8-23-27(2)10-14)22-6-13(17)7-24-29/h5-8,10,12,15,21,30H,3-4,9,11H2,1-2H3/t15-/m1/s1. The van der Waals surface area contributed by atoms with E-state index in [1.807, 2.05) is 24.2 Å². The van der Waals surface area contributed by atoms with Gasteiger partial charge < -0.3 is 19.9 Å². The lowest BCUT2D eigenvalue weighted by atomic mass is 10.2. The number of pyridine rings is 1. The molecule has 31 heavy (non-hydrogen) atoms. The number of hydrogen-bond donors (Lipinski definition) is 2. The summed E-state index contributed by atoms with van der Waals surface area (Å²) in [5.41, 5.74) is 2.28. The van der Waals surface area contributed by atoms with Crippen LogP contribution in [0.4, 0.5) is 5.82 Å². The van der Waals surface area contributed by atoms with Crippen molar-refractivity contribution < 1.29 is 5.11 Å². The maximum atomic E-state index is 12.8. The highest BCUT2D eigenvalue weighted by Crippen LogP contribution is 2.23. The van der Waals surface area contributed by atoms with Crippen LogP contribution >= 0.6 is 0 Å². The lowest BCUT2D eigenvalue weighted by Crippen LogP contribution is -2.38. The van der Waals surface area contributed by atoms with Crippen LogP contribution in [0.5, 0.6) is 0 Å². The number of aliphatic hydroxyl groups is 1. The van der Waals surface area contributed by atoms with Crippen molar-refractivity contribution in [3.8, 4) is 17.1 Å². The van der Waals surface area contributed by atoms with Crippen LogP contribution in [0.1, 0.15) is 0 Å². The Labute approximate surface area is 177 Å². The van der Waals surface area contributed by atoms with E-state index in [9.17, 15) is 9.90 Å². The number of anilines is 1. The van der Waals surface area contributed by atoms with E-state index in [4.69, 9.17) is 0 Å². The number of rotatable bonds is 3. The van der Waals surface area contributed by atoms with Gasteiger partial charge in [-0.2, -0.15) is 10.2 Å². The Morgan fingerprint density at radius 2 is 2.03 bits per heavy atom. The minimum absolute atomic E-state index is 0.216. The summed E-state index contributed by atoms with van der Waals surface area (Å²) in [5, 5.41) is 22.9. The zero-order valence-corrected chi connectivity index (χ0v) is 17.3. The summed E-state index contributed by atoms with van der Waals surface area (Å²) in [6.07, 6.45) is 8.24. The highest BCUT2D eigenvalue weighted by molar-refractivity contribution is 5.82. The molecule has 0 amide bonds. The van der Waals surface area contributed by atoms with Gasteiger partial charge in [0.05, 0.1) is 35.9 Å². The molecule has 0 radical (unpaired) electrons. The molecule has 11 nitrogen and oxygen atoms in total. The van der Waals surface area contributed by atoms with Crippen LogP contribution in [0.2, 0.25) is 0 Å².